The number of hydrogen-bond acceptors (Lipinski definition) is 2. The van der Waals surface area contributed by atoms with Gasteiger partial charge in [-0.05, 0) is 58.1 Å². The summed E-state index contributed by atoms with van der Waals surface area (Å²) in [4.78, 5) is 12.8. The normalized spacial score (nSPS) is 25.7. The molecule has 1 aromatic heterocycles. The van der Waals surface area contributed by atoms with Crippen LogP contribution in [0.25, 0.3) is 0 Å². The Kier molecular flexibility index (Phi) is 5.10. The van der Waals surface area contributed by atoms with Gasteiger partial charge in [-0.1, -0.05) is 25.7 Å². The van der Waals surface area contributed by atoms with Crippen LogP contribution in [0, 0.1) is 19.8 Å². The second kappa shape index (κ2) is 7.08. The quantitative estimate of drug-likeness (QED) is 0.893. The minimum atomic E-state index is 0.0884. The van der Waals surface area contributed by atoms with Gasteiger partial charge in [0.1, 0.15) is 0 Å². The molecule has 2 aliphatic carbocycles. The Morgan fingerprint density at radius 1 is 1.17 bits per heavy atom. The van der Waals surface area contributed by atoms with Crippen LogP contribution in [0.3, 0.4) is 0 Å². The van der Waals surface area contributed by atoms with Crippen LogP contribution in [0.4, 0.5) is 0 Å². The van der Waals surface area contributed by atoms with Crippen molar-refractivity contribution in [3.63, 3.8) is 0 Å². The minimum Gasteiger partial charge on any atom is -0.349 e. The molecule has 0 radical (unpaired) electrons. The lowest BCUT2D eigenvalue weighted by molar-refractivity contribution is 0.0928. The molecule has 23 heavy (non-hydrogen) atoms. The molecule has 3 N–H and O–H groups in total. The maximum Gasteiger partial charge on any atom is 0.253 e. The lowest BCUT2D eigenvalue weighted by Gasteiger charge is -2.26. The third-order valence-electron chi connectivity index (χ3n) is 5.95. The molecule has 0 spiro atoms. The number of hydrogen-bond donors (Lipinski definition) is 2. The lowest BCUT2D eigenvalue weighted by atomic mass is 9.95. The van der Waals surface area contributed by atoms with E-state index in [1.165, 1.54) is 44.2 Å². The summed E-state index contributed by atoms with van der Waals surface area (Å²) in [5.41, 5.74) is 9.05. The zero-order valence-corrected chi connectivity index (χ0v) is 14.6. The molecule has 2 unspecified atom stereocenters. The second-order valence-electron chi connectivity index (χ2n) is 7.45. The van der Waals surface area contributed by atoms with Crippen LogP contribution in [0.15, 0.2) is 6.07 Å². The fourth-order valence-electron chi connectivity index (χ4n) is 4.66. The first-order valence-electron chi connectivity index (χ1n) is 9.31. The van der Waals surface area contributed by atoms with E-state index in [4.69, 9.17) is 5.73 Å². The van der Waals surface area contributed by atoms with E-state index in [0.717, 1.165) is 24.1 Å². The molecule has 1 heterocycles. The maximum absolute atomic E-state index is 12.8. The molecule has 128 valence electrons. The zero-order valence-electron chi connectivity index (χ0n) is 14.6. The molecule has 1 aromatic rings. The van der Waals surface area contributed by atoms with Crippen molar-refractivity contribution in [1.82, 2.24) is 9.88 Å². The van der Waals surface area contributed by atoms with Gasteiger partial charge in [0, 0.05) is 23.5 Å². The van der Waals surface area contributed by atoms with Crippen molar-refractivity contribution < 1.29 is 4.79 Å². The predicted molar refractivity (Wildman–Crippen MR) is 93.7 cm³/mol. The molecule has 2 saturated carbocycles. The topological polar surface area (TPSA) is 60.1 Å². The first-order valence-corrected chi connectivity index (χ1v) is 9.31. The van der Waals surface area contributed by atoms with Crippen LogP contribution in [0.2, 0.25) is 0 Å². The Morgan fingerprint density at radius 2 is 1.91 bits per heavy atom. The highest BCUT2D eigenvalue weighted by atomic mass is 16.1. The van der Waals surface area contributed by atoms with Gasteiger partial charge in [-0.25, -0.2) is 0 Å². The van der Waals surface area contributed by atoms with Gasteiger partial charge in [-0.3, -0.25) is 4.79 Å². The Bertz CT molecular complexity index is 557. The smallest absolute Gasteiger partial charge is 0.253 e. The van der Waals surface area contributed by atoms with Gasteiger partial charge in [-0.2, -0.15) is 0 Å². The van der Waals surface area contributed by atoms with Gasteiger partial charge in [0.2, 0.25) is 0 Å². The van der Waals surface area contributed by atoms with Crippen molar-refractivity contribution in [2.45, 2.75) is 77.3 Å². The van der Waals surface area contributed by atoms with Crippen LogP contribution in [0.1, 0.15) is 79.2 Å². The van der Waals surface area contributed by atoms with E-state index in [2.05, 4.69) is 29.8 Å². The molecule has 0 aromatic carbocycles. The van der Waals surface area contributed by atoms with E-state index in [9.17, 15) is 4.79 Å². The Balaban J connectivity index is 1.76. The largest absolute Gasteiger partial charge is 0.349 e. The van der Waals surface area contributed by atoms with E-state index in [1.807, 2.05) is 0 Å². The summed E-state index contributed by atoms with van der Waals surface area (Å²) in [7, 11) is 0. The van der Waals surface area contributed by atoms with Crippen LogP contribution < -0.4 is 11.1 Å². The minimum absolute atomic E-state index is 0.0884. The number of amides is 1. The summed E-state index contributed by atoms with van der Waals surface area (Å²) in [6.07, 6.45) is 9.84. The third-order valence-corrected chi connectivity index (χ3v) is 5.95. The van der Waals surface area contributed by atoms with E-state index in [0.29, 0.717) is 18.5 Å². The highest BCUT2D eigenvalue weighted by Crippen LogP contribution is 2.32. The highest BCUT2D eigenvalue weighted by Gasteiger charge is 2.29. The molecule has 2 atom stereocenters. The number of nitrogens with zero attached hydrogens (tertiary/aromatic N) is 1. The van der Waals surface area contributed by atoms with Gasteiger partial charge in [-0.15, -0.1) is 0 Å². The summed E-state index contributed by atoms with van der Waals surface area (Å²) in [5.74, 6) is 0.534. The lowest BCUT2D eigenvalue weighted by Crippen LogP contribution is -2.40. The van der Waals surface area contributed by atoms with Crippen molar-refractivity contribution in [1.29, 1.82) is 0 Å². The van der Waals surface area contributed by atoms with Crippen molar-refractivity contribution in [2.75, 3.05) is 6.54 Å². The number of aryl methyl sites for hydroxylation is 1. The van der Waals surface area contributed by atoms with Gasteiger partial charge in [0.05, 0.1) is 5.56 Å². The van der Waals surface area contributed by atoms with Crippen LogP contribution >= 0.6 is 0 Å². The molecule has 4 heteroatoms. The molecule has 3 rings (SSSR count). The molecule has 1 amide bonds. The number of nitrogens with two attached hydrogens (primary N) is 1. The standard InChI is InChI=1S/C19H31N3O/c1-13-11-17(14(2)22(13)16-8-4-3-5-9-16)19(23)21-18-10-6-7-15(18)12-20/h11,15-16,18H,3-10,12,20H2,1-2H3,(H,21,23). The number of aromatic nitrogens is 1. The molecule has 2 aliphatic rings. The molecule has 0 saturated heterocycles. The average molecular weight is 317 g/mol. The number of rotatable bonds is 4. The summed E-state index contributed by atoms with van der Waals surface area (Å²) in [5, 5.41) is 3.25. The van der Waals surface area contributed by atoms with Crippen LogP contribution in [-0.4, -0.2) is 23.1 Å². The van der Waals surface area contributed by atoms with Crippen LogP contribution in [-0.2, 0) is 0 Å². The molecular weight excluding hydrogens is 286 g/mol. The van der Waals surface area contributed by atoms with E-state index in [-0.39, 0.29) is 11.9 Å². The van der Waals surface area contributed by atoms with E-state index < -0.39 is 0 Å². The van der Waals surface area contributed by atoms with Gasteiger partial charge >= 0.3 is 0 Å². The molecular formula is C19H31N3O. The first kappa shape index (κ1) is 16.6. The molecule has 0 aliphatic heterocycles. The predicted octanol–water partition coefficient (Wildman–Crippen LogP) is 3.47. The second-order valence-corrected chi connectivity index (χ2v) is 7.45. The highest BCUT2D eigenvalue weighted by molar-refractivity contribution is 5.96. The Morgan fingerprint density at radius 3 is 2.61 bits per heavy atom. The van der Waals surface area contributed by atoms with Gasteiger partial charge in [0.25, 0.3) is 5.91 Å². The summed E-state index contributed by atoms with van der Waals surface area (Å²) in [6, 6.07) is 2.91. The monoisotopic (exact) mass is 317 g/mol. The number of carbonyl (C=O) groups is 1. The Labute approximate surface area is 139 Å². The van der Waals surface area contributed by atoms with E-state index >= 15 is 0 Å². The number of carbonyl (C=O) groups excluding carboxylic acids is 1. The van der Waals surface area contributed by atoms with Crippen molar-refractivity contribution in [3.05, 3.63) is 23.0 Å². The number of nitrogens with one attached hydrogen (secondary N) is 1. The average Bonchev–Trinajstić information content (AvgIpc) is 3.12. The first-order chi connectivity index (χ1) is 11.1. The summed E-state index contributed by atoms with van der Waals surface area (Å²) < 4.78 is 2.41. The summed E-state index contributed by atoms with van der Waals surface area (Å²) in [6.45, 7) is 4.91. The zero-order chi connectivity index (χ0) is 16.4. The van der Waals surface area contributed by atoms with E-state index in [1.54, 1.807) is 0 Å². The SMILES string of the molecule is Cc1cc(C(=O)NC2CCCC2CN)c(C)n1C1CCCCC1. The fraction of sp³-hybridized carbons (Fsp3) is 0.737. The third kappa shape index (κ3) is 3.32. The van der Waals surface area contributed by atoms with Gasteiger partial charge < -0.3 is 15.6 Å². The maximum atomic E-state index is 12.8. The summed E-state index contributed by atoms with van der Waals surface area (Å²) >= 11 is 0. The Hall–Kier alpha value is -1.29. The van der Waals surface area contributed by atoms with Gasteiger partial charge in [0.15, 0.2) is 0 Å². The fourth-order valence-corrected chi connectivity index (χ4v) is 4.66. The molecule has 4 nitrogen and oxygen atoms in total. The van der Waals surface area contributed by atoms with Crippen LogP contribution in [0.5, 0.6) is 0 Å². The molecule has 0 bridgehead atoms. The van der Waals surface area contributed by atoms with Crippen molar-refractivity contribution in [3.8, 4) is 0 Å². The van der Waals surface area contributed by atoms with Crippen molar-refractivity contribution in [2.24, 2.45) is 11.7 Å². The van der Waals surface area contributed by atoms with Crippen molar-refractivity contribution >= 4 is 5.91 Å². The molecule has 2 fully saturated rings.